The molecule has 0 aromatic carbocycles. The molecule has 1 heterocycles. The van der Waals surface area contributed by atoms with Gasteiger partial charge in [0.2, 0.25) is 5.91 Å². The average Bonchev–Trinajstić information content (AvgIpc) is 2.84. The number of hydrogen-bond acceptors (Lipinski definition) is 4. The molecular weight excluding hydrogens is 230 g/mol. The Morgan fingerprint density at radius 2 is 2.06 bits per heavy atom. The van der Waals surface area contributed by atoms with Crippen LogP contribution < -0.4 is 11.1 Å². The van der Waals surface area contributed by atoms with Crippen LogP contribution in [0, 0.1) is 0 Å². The minimum absolute atomic E-state index is 0.0372. The van der Waals surface area contributed by atoms with Gasteiger partial charge < -0.3 is 11.1 Å². The summed E-state index contributed by atoms with van der Waals surface area (Å²) >= 11 is 0. The number of rotatable bonds is 6. The molecule has 0 aliphatic heterocycles. The van der Waals surface area contributed by atoms with Crippen molar-refractivity contribution >= 4 is 5.91 Å². The van der Waals surface area contributed by atoms with E-state index in [1.807, 2.05) is 6.92 Å². The summed E-state index contributed by atoms with van der Waals surface area (Å²) in [6, 6.07) is -0.324. The van der Waals surface area contributed by atoms with Gasteiger partial charge in [-0.3, -0.25) is 4.79 Å². The monoisotopic (exact) mass is 253 g/mol. The number of aromatic nitrogens is 3. The number of nitrogens with zero attached hydrogens (tertiary/aromatic N) is 3. The lowest BCUT2D eigenvalue weighted by Crippen LogP contribution is -2.38. The largest absolute Gasteiger partial charge is 0.352 e. The Morgan fingerprint density at radius 3 is 2.50 bits per heavy atom. The van der Waals surface area contributed by atoms with Crippen molar-refractivity contribution in [3.63, 3.8) is 0 Å². The molecule has 0 saturated carbocycles. The summed E-state index contributed by atoms with van der Waals surface area (Å²) in [5.41, 5.74) is 6.40. The van der Waals surface area contributed by atoms with Crippen LogP contribution in [-0.4, -0.2) is 26.9 Å². The number of nitrogens with two attached hydrogens (primary N) is 1. The van der Waals surface area contributed by atoms with Gasteiger partial charge in [-0.2, -0.15) is 0 Å². The maximum atomic E-state index is 12.0. The third-order valence-corrected chi connectivity index (χ3v) is 3.10. The van der Waals surface area contributed by atoms with Crippen molar-refractivity contribution in [3.8, 4) is 0 Å². The van der Waals surface area contributed by atoms with Crippen LogP contribution in [0.25, 0.3) is 0 Å². The van der Waals surface area contributed by atoms with E-state index in [-0.39, 0.29) is 24.0 Å². The standard InChI is InChI=1S/C12H23N5O/c1-5-10(6-2)14-12(18)9(4)17-7-11(8(3)13)15-16-17/h7-10H,5-6,13H2,1-4H3,(H,14,18). The van der Waals surface area contributed by atoms with Crippen LogP contribution in [-0.2, 0) is 4.79 Å². The Labute approximate surface area is 108 Å². The second kappa shape index (κ2) is 6.49. The van der Waals surface area contributed by atoms with E-state index in [2.05, 4.69) is 29.5 Å². The Hall–Kier alpha value is -1.43. The minimum atomic E-state index is -0.370. The van der Waals surface area contributed by atoms with Gasteiger partial charge in [-0.15, -0.1) is 5.10 Å². The maximum Gasteiger partial charge on any atom is 0.244 e. The van der Waals surface area contributed by atoms with Gasteiger partial charge in [0.05, 0.1) is 11.9 Å². The van der Waals surface area contributed by atoms with Crippen LogP contribution >= 0.6 is 0 Å². The molecule has 6 heteroatoms. The summed E-state index contributed by atoms with van der Waals surface area (Å²) < 4.78 is 1.55. The molecular formula is C12H23N5O. The summed E-state index contributed by atoms with van der Waals surface area (Å²) in [6.45, 7) is 7.76. The van der Waals surface area contributed by atoms with Crippen molar-refractivity contribution in [3.05, 3.63) is 11.9 Å². The fourth-order valence-electron chi connectivity index (χ4n) is 1.62. The molecule has 0 fully saturated rings. The highest BCUT2D eigenvalue weighted by Crippen LogP contribution is 2.10. The van der Waals surface area contributed by atoms with Gasteiger partial charge in [-0.25, -0.2) is 4.68 Å². The van der Waals surface area contributed by atoms with E-state index in [4.69, 9.17) is 5.73 Å². The smallest absolute Gasteiger partial charge is 0.244 e. The number of carbonyl (C=O) groups excluding carboxylic acids is 1. The van der Waals surface area contributed by atoms with E-state index in [0.29, 0.717) is 5.69 Å². The lowest BCUT2D eigenvalue weighted by molar-refractivity contribution is -0.124. The van der Waals surface area contributed by atoms with E-state index in [9.17, 15) is 4.79 Å². The zero-order chi connectivity index (χ0) is 13.7. The highest BCUT2D eigenvalue weighted by molar-refractivity contribution is 5.80. The maximum absolute atomic E-state index is 12.0. The Bertz CT molecular complexity index is 384. The van der Waals surface area contributed by atoms with Crippen molar-refractivity contribution < 1.29 is 4.79 Å². The highest BCUT2D eigenvalue weighted by Gasteiger charge is 2.19. The Balaban J connectivity index is 2.67. The number of amides is 1. The van der Waals surface area contributed by atoms with Gasteiger partial charge in [-0.1, -0.05) is 19.1 Å². The zero-order valence-corrected chi connectivity index (χ0v) is 11.6. The van der Waals surface area contributed by atoms with Crippen LogP contribution in [0.3, 0.4) is 0 Å². The Morgan fingerprint density at radius 1 is 1.44 bits per heavy atom. The van der Waals surface area contributed by atoms with Gasteiger partial charge in [0.15, 0.2) is 0 Å². The predicted octanol–water partition coefficient (Wildman–Crippen LogP) is 1.16. The fraction of sp³-hybridized carbons (Fsp3) is 0.750. The summed E-state index contributed by atoms with van der Waals surface area (Å²) in [4.78, 5) is 12.0. The first-order valence-electron chi connectivity index (χ1n) is 6.47. The van der Waals surface area contributed by atoms with Crippen molar-refractivity contribution in [1.82, 2.24) is 20.3 Å². The van der Waals surface area contributed by atoms with Gasteiger partial charge >= 0.3 is 0 Å². The van der Waals surface area contributed by atoms with Crippen LogP contribution in [0.5, 0.6) is 0 Å². The molecule has 1 amide bonds. The van der Waals surface area contributed by atoms with E-state index in [0.717, 1.165) is 12.8 Å². The van der Waals surface area contributed by atoms with Gasteiger partial charge in [0, 0.05) is 12.1 Å². The van der Waals surface area contributed by atoms with Crippen molar-refractivity contribution in [2.75, 3.05) is 0 Å². The quantitative estimate of drug-likeness (QED) is 0.796. The van der Waals surface area contributed by atoms with Crippen molar-refractivity contribution in [2.24, 2.45) is 5.73 Å². The second-order valence-corrected chi connectivity index (χ2v) is 4.61. The normalized spacial score (nSPS) is 14.6. The summed E-state index contributed by atoms with van der Waals surface area (Å²) in [5.74, 6) is -0.0372. The lowest BCUT2D eigenvalue weighted by Gasteiger charge is -2.18. The number of hydrogen-bond donors (Lipinski definition) is 2. The van der Waals surface area contributed by atoms with Crippen molar-refractivity contribution in [2.45, 2.75) is 58.7 Å². The molecule has 1 aromatic heterocycles. The lowest BCUT2D eigenvalue weighted by atomic mass is 10.1. The van der Waals surface area contributed by atoms with E-state index in [1.54, 1.807) is 17.8 Å². The molecule has 0 aliphatic carbocycles. The molecule has 1 rings (SSSR count). The summed E-state index contributed by atoms with van der Waals surface area (Å²) in [5, 5.41) is 10.9. The van der Waals surface area contributed by atoms with Crippen molar-refractivity contribution in [1.29, 1.82) is 0 Å². The topological polar surface area (TPSA) is 85.8 Å². The first-order chi connectivity index (χ1) is 8.49. The minimum Gasteiger partial charge on any atom is -0.352 e. The van der Waals surface area contributed by atoms with Gasteiger partial charge in [0.1, 0.15) is 6.04 Å². The van der Waals surface area contributed by atoms with Crippen LogP contribution in [0.4, 0.5) is 0 Å². The van der Waals surface area contributed by atoms with Crippen LogP contribution in [0.2, 0.25) is 0 Å². The third-order valence-electron chi connectivity index (χ3n) is 3.10. The summed E-state index contributed by atoms with van der Waals surface area (Å²) in [6.07, 6.45) is 3.58. The number of carbonyl (C=O) groups is 1. The molecule has 0 spiro atoms. The zero-order valence-electron chi connectivity index (χ0n) is 11.6. The predicted molar refractivity (Wildman–Crippen MR) is 69.8 cm³/mol. The molecule has 0 bridgehead atoms. The number of nitrogens with one attached hydrogen (secondary N) is 1. The molecule has 0 aliphatic rings. The van der Waals surface area contributed by atoms with Crippen LogP contribution in [0.1, 0.15) is 58.3 Å². The van der Waals surface area contributed by atoms with E-state index in [1.165, 1.54) is 0 Å². The fourth-order valence-corrected chi connectivity index (χ4v) is 1.62. The molecule has 2 atom stereocenters. The molecule has 6 nitrogen and oxygen atoms in total. The molecule has 1 aromatic rings. The van der Waals surface area contributed by atoms with Gasteiger partial charge in [-0.05, 0) is 26.7 Å². The van der Waals surface area contributed by atoms with E-state index < -0.39 is 0 Å². The molecule has 102 valence electrons. The first kappa shape index (κ1) is 14.6. The average molecular weight is 253 g/mol. The first-order valence-corrected chi connectivity index (χ1v) is 6.47. The molecule has 2 unspecified atom stereocenters. The Kier molecular flexibility index (Phi) is 5.27. The molecule has 0 radical (unpaired) electrons. The molecule has 0 saturated heterocycles. The summed E-state index contributed by atoms with van der Waals surface area (Å²) in [7, 11) is 0. The highest BCUT2D eigenvalue weighted by atomic mass is 16.2. The third kappa shape index (κ3) is 3.53. The molecule has 3 N–H and O–H groups in total. The SMILES string of the molecule is CCC(CC)NC(=O)C(C)n1cc(C(C)N)nn1. The van der Waals surface area contributed by atoms with Crippen LogP contribution in [0.15, 0.2) is 6.20 Å². The molecule has 18 heavy (non-hydrogen) atoms. The second-order valence-electron chi connectivity index (χ2n) is 4.61. The van der Waals surface area contributed by atoms with E-state index >= 15 is 0 Å². The van der Waals surface area contributed by atoms with Gasteiger partial charge in [0.25, 0.3) is 0 Å².